The molecule has 6 nitrogen and oxygen atoms in total. The molecule has 0 unspecified atom stereocenters. The van der Waals surface area contributed by atoms with Crippen molar-refractivity contribution in [3.8, 4) is 0 Å². The topological polar surface area (TPSA) is 78.9 Å². The molecule has 0 aliphatic heterocycles. The molecule has 0 aromatic rings. The molecular weight excluding hydrogens is 757 g/mol. The Kier molecular flexibility index (Phi) is 47.4. The summed E-state index contributed by atoms with van der Waals surface area (Å²) in [4.78, 5) is 37.9. The molecule has 0 fully saturated rings. The molecular formula is C55H96O6. The lowest BCUT2D eigenvalue weighted by atomic mass is 10.1. The lowest BCUT2D eigenvalue weighted by Crippen LogP contribution is -2.30. The fourth-order valence-corrected chi connectivity index (χ4v) is 7.01. The van der Waals surface area contributed by atoms with Crippen molar-refractivity contribution in [2.75, 3.05) is 13.2 Å². The van der Waals surface area contributed by atoms with Gasteiger partial charge in [-0.1, -0.05) is 191 Å². The number of carbonyl (C=O) groups is 3. The summed E-state index contributed by atoms with van der Waals surface area (Å²) in [6.45, 7) is 6.53. The molecule has 0 spiro atoms. The molecule has 0 aromatic carbocycles. The van der Waals surface area contributed by atoms with Crippen LogP contribution in [0.1, 0.15) is 252 Å². The zero-order chi connectivity index (χ0) is 44.4. The van der Waals surface area contributed by atoms with Gasteiger partial charge in [0.1, 0.15) is 13.2 Å². The van der Waals surface area contributed by atoms with E-state index in [2.05, 4.69) is 81.5 Å². The number of hydrogen-bond acceptors (Lipinski definition) is 6. The first-order valence-corrected chi connectivity index (χ1v) is 25.8. The molecule has 0 bridgehead atoms. The van der Waals surface area contributed by atoms with Crippen LogP contribution >= 0.6 is 0 Å². The van der Waals surface area contributed by atoms with Gasteiger partial charge in [0, 0.05) is 19.3 Å². The van der Waals surface area contributed by atoms with Crippen molar-refractivity contribution in [3.63, 3.8) is 0 Å². The molecule has 352 valence electrons. The first kappa shape index (κ1) is 58.1. The van der Waals surface area contributed by atoms with Crippen molar-refractivity contribution in [1.29, 1.82) is 0 Å². The average molecular weight is 853 g/mol. The Morgan fingerprint density at radius 1 is 0.328 bits per heavy atom. The molecule has 0 saturated carbocycles. The monoisotopic (exact) mass is 853 g/mol. The molecule has 0 N–H and O–H groups in total. The second kappa shape index (κ2) is 49.8. The van der Waals surface area contributed by atoms with E-state index >= 15 is 0 Å². The molecule has 0 amide bonds. The lowest BCUT2D eigenvalue weighted by Gasteiger charge is -2.18. The predicted octanol–water partition coefficient (Wildman–Crippen LogP) is 16.9. The van der Waals surface area contributed by atoms with E-state index in [1.165, 1.54) is 122 Å². The van der Waals surface area contributed by atoms with E-state index in [1.807, 2.05) is 0 Å². The minimum atomic E-state index is -0.789. The molecule has 0 aliphatic carbocycles. The third-order valence-corrected chi connectivity index (χ3v) is 11.0. The molecule has 0 radical (unpaired) electrons. The Hall–Kier alpha value is -2.89. The number of carbonyl (C=O) groups excluding carboxylic acids is 3. The normalized spacial score (nSPS) is 12.5. The van der Waals surface area contributed by atoms with Gasteiger partial charge in [-0.2, -0.15) is 0 Å². The molecule has 61 heavy (non-hydrogen) atoms. The predicted molar refractivity (Wildman–Crippen MR) is 261 cm³/mol. The standard InChI is InChI=1S/C55H96O6/c1-4-7-10-13-16-19-22-24-26-27-29-31-34-37-40-43-46-49-55(58)61-52(50-59-53(56)47-44-41-38-35-32-21-18-15-12-9-6-3)51-60-54(57)48-45-42-39-36-33-30-28-25-23-20-17-14-11-8-5-2/h15-16,18-20,23-24,26,29,31,52H,4-14,17,21-22,25,27-28,30,32-51H2,1-3H3/b18-15-,19-16-,23-20-,26-24-,31-29-/t52-/m0/s1. The summed E-state index contributed by atoms with van der Waals surface area (Å²) < 4.78 is 16.8. The quantitative estimate of drug-likeness (QED) is 0.0263. The second-order valence-corrected chi connectivity index (χ2v) is 17.1. The molecule has 0 saturated heterocycles. The zero-order valence-electron chi connectivity index (χ0n) is 40.2. The van der Waals surface area contributed by atoms with E-state index in [0.29, 0.717) is 19.3 Å². The number of allylic oxidation sites excluding steroid dienone is 10. The van der Waals surface area contributed by atoms with Gasteiger partial charge in [-0.3, -0.25) is 14.4 Å². The zero-order valence-corrected chi connectivity index (χ0v) is 40.2. The summed E-state index contributed by atoms with van der Waals surface area (Å²) in [7, 11) is 0. The van der Waals surface area contributed by atoms with Gasteiger partial charge < -0.3 is 14.2 Å². The summed E-state index contributed by atoms with van der Waals surface area (Å²) in [5, 5.41) is 0. The average Bonchev–Trinajstić information content (AvgIpc) is 3.26. The van der Waals surface area contributed by atoms with Crippen LogP contribution in [0.5, 0.6) is 0 Å². The number of esters is 3. The van der Waals surface area contributed by atoms with E-state index in [4.69, 9.17) is 14.2 Å². The highest BCUT2D eigenvalue weighted by atomic mass is 16.6. The summed E-state index contributed by atoms with van der Waals surface area (Å²) >= 11 is 0. The van der Waals surface area contributed by atoms with Crippen molar-refractivity contribution in [1.82, 2.24) is 0 Å². The van der Waals surface area contributed by atoms with Gasteiger partial charge in [0.15, 0.2) is 6.10 Å². The highest BCUT2D eigenvalue weighted by Crippen LogP contribution is 2.14. The highest BCUT2D eigenvalue weighted by Gasteiger charge is 2.19. The largest absolute Gasteiger partial charge is 0.462 e. The smallest absolute Gasteiger partial charge is 0.306 e. The number of rotatable bonds is 46. The van der Waals surface area contributed by atoms with Crippen molar-refractivity contribution >= 4 is 17.9 Å². The van der Waals surface area contributed by atoms with Crippen LogP contribution in [0.25, 0.3) is 0 Å². The Bertz CT molecular complexity index is 1120. The SMILES string of the molecule is CCCC/C=C\CCCCCCCC(=O)OC[C@@H](COC(=O)CCCCCCCCC/C=C\CCCCCC)OC(=O)CCCCCC/C=C\C/C=C\C/C=C\CCCCC. The Balaban J connectivity index is 4.42. The van der Waals surface area contributed by atoms with Gasteiger partial charge >= 0.3 is 17.9 Å². The van der Waals surface area contributed by atoms with Crippen molar-refractivity contribution < 1.29 is 28.6 Å². The number of unbranched alkanes of at least 4 members (excludes halogenated alkanes) is 25. The maximum atomic E-state index is 12.8. The van der Waals surface area contributed by atoms with Crippen LogP contribution in [0, 0.1) is 0 Å². The van der Waals surface area contributed by atoms with E-state index in [9.17, 15) is 14.4 Å². The maximum absolute atomic E-state index is 12.8. The van der Waals surface area contributed by atoms with E-state index in [-0.39, 0.29) is 31.1 Å². The third-order valence-electron chi connectivity index (χ3n) is 11.0. The molecule has 0 aromatic heterocycles. The maximum Gasteiger partial charge on any atom is 0.306 e. The number of hydrogen-bond donors (Lipinski definition) is 0. The lowest BCUT2D eigenvalue weighted by molar-refractivity contribution is -0.167. The summed E-state index contributed by atoms with van der Waals surface area (Å²) in [5.41, 5.74) is 0. The van der Waals surface area contributed by atoms with Crippen LogP contribution < -0.4 is 0 Å². The fourth-order valence-electron chi connectivity index (χ4n) is 7.01. The van der Waals surface area contributed by atoms with Crippen LogP contribution in [0.4, 0.5) is 0 Å². The van der Waals surface area contributed by atoms with Gasteiger partial charge in [0.05, 0.1) is 0 Å². The minimum absolute atomic E-state index is 0.0881. The minimum Gasteiger partial charge on any atom is -0.462 e. The first-order valence-electron chi connectivity index (χ1n) is 25.8. The van der Waals surface area contributed by atoms with E-state index < -0.39 is 6.10 Å². The van der Waals surface area contributed by atoms with Gasteiger partial charge in [-0.15, -0.1) is 0 Å². The molecule has 6 heteroatoms. The summed E-state index contributed by atoms with van der Waals surface area (Å²) in [6.07, 6.45) is 60.5. The Morgan fingerprint density at radius 2 is 0.607 bits per heavy atom. The second-order valence-electron chi connectivity index (χ2n) is 17.1. The summed E-state index contributed by atoms with van der Waals surface area (Å²) in [6, 6.07) is 0. The van der Waals surface area contributed by atoms with Gasteiger partial charge in [-0.25, -0.2) is 0 Å². The summed E-state index contributed by atoms with van der Waals surface area (Å²) in [5.74, 6) is -0.921. The molecule has 0 rings (SSSR count). The van der Waals surface area contributed by atoms with Crippen LogP contribution in [0.3, 0.4) is 0 Å². The Morgan fingerprint density at radius 3 is 1.02 bits per heavy atom. The van der Waals surface area contributed by atoms with Crippen LogP contribution in [0.15, 0.2) is 60.8 Å². The van der Waals surface area contributed by atoms with Gasteiger partial charge in [0.25, 0.3) is 0 Å². The molecule has 0 heterocycles. The van der Waals surface area contributed by atoms with Gasteiger partial charge in [0.2, 0.25) is 0 Å². The third kappa shape index (κ3) is 48.0. The van der Waals surface area contributed by atoms with E-state index in [0.717, 1.165) is 89.9 Å². The van der Waals surface area contributed by atoms with E-state index in [1.54, 1.807) is 0 Å². The molecule has 1 atom stereocenters. The highest BCUT2D eigenvalue weighted by molar-refractivity contribution is 5.71. The first-order chi connectivity index (χ1) is 30.0. The van der Waals surface area contributed by atoms with Crippen molar-refractivity contribution in [3.05, 3.63) is 60.8 Å². The van der Waals surface area contributed by atoms with Gasteiger partial charge in [-0.05, 0) is 103 Å². The number of ether oxygens (including phenoxy) is 3. The van der Waals surface area contributed by atoms with Crippen molar-refractivity contribution in [2.24, 2.45) is 0 Å². The Labute approximate surface area is 377 Å². The van der Waals surface area contributed by atoms with Crippen LogP contribution in [-0.2, 0) is 28.6 Å². The van der Waals surface area contributed by atoms with Crippen LogP contribution in [0.2, 0.25) is 0 Å². The molecule has 0 aliphatic rings. The fraction of sp³-hybridized carbons (Fsp3) is 0.764. The van der Waals surface area contributed by atoms with Crippen molar-refractivity contribution in [2.45, 2.75) is 258 Å². The van der Waals surface area contributed by atoms with Crippen LogP contribution in [-0.4, -0.2) is 37.2 Å².